The van der Waals surface area contributed by atoms with Gasteiger partial charge in [-0.25, -0.2) is 0 Å². The third-order valence-electron chi connectivity index (χ3n) is 4.38. The molecule has 104 valence electrons. The maximum Gasteiger partial charge on any atom is 0.127 e. The molecular weight excluding hydrogens is 238 g/mol. The Morgan fingerprint density at radius 1 is 1.32 bits per heavy atom. The van der Waals surface area contributed by atoms with Crippen molar-refractivity contribution in [1.29, 1.82) is 0 Å². The van der Waals surface area contributed by atoms with E-state index in [9.17, 15) is 0 Å². The third-order valence-corrected chi connectivity index (χ3v) is 4.38. The van der Waals surface area contributed by atoms with Gasteiger partial charge >= 0.3 is 0 Å². The van der Waals surface area contributed by atoms with Gasteiger partial charge in [-0.3, -0.25) is 0 Å². The van der Waals surface area contributed by atoms with Crippen LogP contribution in [0.5, 0.6) is 5.75 Å². The van der Waals surface area contributed by atoms with Gasteiger partial charge in [0.1, 0.15) is 5.75 Å². The van der Waals surface area contributed by atoms with Crippen molar-refractivity contribution < 1.29 is 9.47 Å². The molecule has 1 saturated heterocycles. The summed E-state index contributed by atoms with van der Waals surface area (Å²) < 4.78 is 11.9. The molecule has 0 amide bonds. The first-order valence-corrected chi connectivity index (χ1v) is 7.34. The second-order valence-corrected chi connectivity index (χ2v) is 5.66. The van der Waals surface area contributed by atoms with Gasteiger partial charge in [0.05, 0.1) is 18.8 Å². The topological polar surface area (TPSA) is 30.5 Å². The molecule has 0 saturated carbocycles. The van der Waals surface area contributed by atoms with Gasteiger partial charge in [-0.2, -0.15) is 0 Å². The molecule has 1 fully saturated rings. The molecule has 0 bridgehead atoms. The van der Waals surface area contributed by atoms with Crippen LogP contribution in [0.1, 0.15) is 36.9 Å². The molecule has 1 aromatic rings. The van der Waals surface area contributed by atoms with Gasteiger partial charge in [0, 0.05) is 12.2 Å². The Hall–Kier alpha value is -1.06. The second kappa shape index (κ2) is 5.51. The zero-order chi connectivity index (χ0) is 13.2. The highest BCUT2D eigenvalue weighted by Gasteiger charge is 2.34. The van der Waals surface area contributed by atoms with Crippen LogP contribution >= 0.6 is 0 Å². The minimum atomic E-state index is 0.227. The van der Waals surface area contributed by atoms with Crippen LogP contribution in [0.4, 0.5) is 0 Å². The maximum atomic E-state index is 5.95. The van der Waals surface area contributed by atoms with Crippen molar-refractivity contribution in [1.82, 2.24) is 5.32 Å². The van der Waals surface area contributed by atoms with Gasteiger partial charge in [-0.15, -0.1) is 0 Å². The fourth-order valence-corrected chi connectivity index (χ4v) is 3.30. The molecule has 2 heterocycles. The number of hydrogen-bond acceptors (Lipinski definition) is 3. The number of aryl methyl sites for hydroxylation is 1. The van der Waals surface area contributed by atoms with Crippen LogP contribution in [-0.2, 0) is 11.2 Å². The summed E-state index contributed by atoms with van der Waals surface area (Å²) in [7, 11) is 2.02. The molecule has 3 rings (SSSR count). The fraction of sp³-hybridized carbons (Fsp3) is 0.625. The summed E-state index contributed by atoms with van der Waals surface area (Å²) in [4.78, 5) is 0. The van der Waals surface area contributed by atoms with Crippen molar-refractivity contribution in [2.45, 2.75) is 38.3 Å². The largest absolute Gasteiger partial charge is 0.493 e. The smallest absolute Gasteiger partial charge is 0.127 e. The Bertz CT molecular complexity index is 446. The molecule has 1 N–H and O–H groups in total. The van der Waals surface area contributed by atoms with E-state index in [1.54, 1.807) is 0 Å². The van der Waals surface area contributed by atoms with Crippen LogP contribution < -0.4 is 10.1 Å². The molecule has 3 unspecified atom stereocenters. The van der Waals surface area contributed by atoms with E-state index in [-0.39, 0.29) is 12.1 Å². The number of hydrogen-bond donors (Lipinski definition) is 1. The van der Waals surface area contributed by atoms with Crippen LogP contribution in [0.2, 0.25) is 0 Å². The van der Waals surface area contributed by atoms with Crippen LogP contribution in [0.3, 0.4) is 0 Å². The number of nitrogens with one attached hydrogen (secondary N) is 1. The van der Waals surface area contributed by atoms with E-state index >= 15 is 0 Å². The van der Waals surface area contributed by atoms with Crippen molar-refractivity contribution in [3.8, 4) is 5.75 Å². The lowest BCUT2D eigenvalue weighted by Crippen LogP contribution is -2.33. The quantitative estimate of drug-likeness (QED) is 0.907. The molecule has 3 nitrogen and oxygen atoms in total. The standard InChI is InChI=1S/C16H23NO2/c1-11-8-10-19-15(11)14(17-2)13-7-3-5-12-6-4-9-18-16(12)13/h3,5,7,11,14-15,17H,4,6,8-10H2,1-2H3. The van der Waals surface area contributed by atoms with Crippen molar-refractivity contribution in [2.75, 3.05) is 20.3 Å². The first-order valence-electron chi connectivity index (χ1n) is 7.34. The van der Waals surface area contributed by atoms with Crippen molar-refractivity contribution in [3.63, 3.8) is 0 Å². The predicted octanol–water partition coefficient (Wildman–Crippen LogP) is 2.70. The summed E-state index contributed by atoms with van der Waals surface area (Å²) in [6, 6.07) is 6.74. The lowest BCUT2D eigenvalue weighted by molar-refractivity contribution is 0.0619. The molecule has 2 aliphatic heterocycles. The summed E-state index contributed by atoms with van der Waals surface area (Å²) in [6.45, 7) is 3.99. The van der Waals surface area contributed by atoms with Crippen LogP contribution in [0.15, 0.2) is 18.2 Å². The average molecular weight is 261 g/mol. The Labute approximate surface area is 115 Å². The van der Waals surface area contributed by atoms with Gasteiger partial charge in [0.25, 0.3) is 0 Å². The summed E-state index contributed by atoms with van der Waals surface area (Å²) in [6.07, 6.45) is 3.65. The predicted molar refractivity (Wildman–Crippen MR) is 75.6 cm³/mol. The van der Waals surface area contributed by atoms with E-state index in [1.807, 2.05) is 7.05 Å². The van der Waals surface area contributed by atoms with E-state index in [1.165, 1.54) is 11.1 Å². The number of likely N-dealkylation sites (N-methyl/N-ethyl adjacent to an activating group) is 1. The van der Waals surface area contributed by atoms with Crippen molar-refractivity contribution >= 4 is 0 Å². The lowest BCUT2D eigenvalue weighted by Gasteiger charge is -2.30. The molecule has 3 heteroatoms. The number of fused-ring (bicyclic) bond motifs is 1. The van der Waals surface area contributed by atoms with Crippen LogP contribution in [-0.4, -0.2) is 26.4 Å². The molecule has 1 aromatic carbocycles. The van der Waals surface area contributed by atoms with E-state index in [4.69, 9.17) is 9.47 Å². The molecule has 19 heavy (non-hydrogen) atoms. The van der Waals surface area contributed by atoms with Gasteiger partial charge in [0.15, 0.2) is 0 Å². The lowest BCUT2D eigenvalue weighted by atomic mass is 9.90. The van der Waals surface area contributed by atoms with Gasteiger partial charge < -0.3 is 14.8 Å². The van der Waals surface area contributed by atoms with Crippen LogP contribution in [0.25, 0.3) is 0 Å². The monoisotopic (exact) mass is 261 g/mol. The first kappa shape index (κ1) is 12.9. The number of ether oxygens (including phenoxy) is 2. The molecule has 0 spiro atoms. The number of rotatable bonds is 3. The molecule has 2 aliphatic rings. The Kier molecular flexibility index (Phi) is 3.76. The SMILES string of the molecule is CNC(c1cccc2c1OCCC2)C1OCCC1C. The third kappa shape index (κ3) is 2.37. The Morgan fingerprint density at radius 3 is 2.95 bits per heavy atom. The maximum absolute atomic E-state index is 5.95. The summed E-state index contributed by atoms with van der Waals surface area (Å²) in [5.41, 5.74) is 2.60. The van der Waals surface area contributed by atoms with Gasteiger partial charge in [-0.05, 0) is 37.8 Å². The highest BCUT2D eigenvalue weighted by atomic mass is 16.5. The van der Waals surface area contributed by atoms with Crippen LogP contribution in [0, 0.1) is 5.92 Å². The second-order valence-electron chi connectivity index (χ2n) is 5.66. The van der Waals surface area contributed by atoms with Gasteiger partial charge in [-0.1, -0.05) is 25.1 Å². The van der Waals surface area contributed by atoms with Gasteiger partial charge in [0.2, 0.25) is 0 Å². The molecule has 0 aromatic heterocycles. The minimum absolute atomic E-state index is 0.227. The minimum Gasteiger partial charge on any atom is -0.493 e. The number of benzene rings is 1. The summed E-state index contributed by atoms with van der Waals surface area (Å²) >= 11 is 0. The first-order chi connectivity index (χ1) is 9.31. The number of para-hydroxylation sites is 1. The van der Waals surface area contributed by atoms with Crippen molar-refractivity contribution in [3.05, 3.63) is 29.3 Å². The highest BCUT2D eigenvalue weighted by Crippen LogP contribution is 2.38. The summed E-state index contributed by atoms with van der Waals surface area (Å²) in [5.74, 6) is 1.69. The molecule has 3 atom stereocenters. The van der Waals surface area contributed by atoms with E-state index in [0.717, 1.165) is 38.2 Å². The van der Waals surface area contributed by atoms with Crippen molar-refractivity contribution in [2.24, 2.45) is 5.92 Å². The fourth-order valence-electron chi connectivity index (χ4n) is 3.30. The normalized spacial score (nSPS) is 27.7. The zero-order valence-electron chi connectivity index (χ0n) is 11.8. The van der Waals surface area contributed by atoms with E-state index in [2.05, 4.69) is 30.4 Å². The molecule has 0 aliphatic carbocycles. The van der Waals surface area contributed by atoms with E-state index < -0.39 is 0 Å². The summed E-state index contributed by atoms with van der Waals surface area (Å²) in [5, 5.41) is 3.44. The highest BCUT2D eigenvalue weighted by molar-refractivity contribution is 5.45. The zero-order valence-corrected chi connectivity index (χ0v) is 11.8. The average Bonchev–Trinajstić information content (AvgIpc) is 2.86. The Morgan fingerprint density at radius 2 is 2.21 bits per heavy atom. The molecular formula is C16H23NO2. The Balaban J connectivity index is 1.95. The molecule has 0 radical (unpaired) electrons. The van der Waals surface area contributed by atoms with E-state index in [0.29, 0.717) is 5.92 Å².